The molecule has 0 saturated heterocycles. The molecule has 0 saturated carbocycles. The normalized spacial score (nSPS) is 17.8. The van der Waals surface area contributed by atoms with Gasteiger partial charge in [-0.1, -0.05) is 0 Å². The zero-order valence-corrected chi connectivity index (χ0v) is 7.07. The van der Waals surface area contributed by atoms with Crippen LogP contribution >= 0.6 is 11.8 Å². The van der Waals surface area contributed by atoms with E-state index in [1.165, 1.54) is 0 Å². The molecule has 0 unspecified atom stereocenters. The van der Waals surface area contributed by atoms with E-state index in [-0.39, 0.29) is 0 Å². The Morgan fingerprint density at radius 3 is 3.00 bits per heavy atom. The van der Waals surface area contributed by atoms with Crippen molar-refractivity contribution in [3.8, 4) is 0 Å². The van der Waals surface area contributed by atoms with Gasteiger partial charge in [0.15, 0.2) is 0 Å². The fourth-order valence-corrected chi connectivity index (χ4v) is 1.45. The Balaban J connectivity index is 2.67. The summed E-state index contributed by atoms with van der Waals surface area (Å²) in [5, 5.41) is 1.02. The van der Waals surface area contributed by atoms with Gasteiger partial charge in [0.2, 0.25) is 0 Å². The Kier molecular flexibility index (Phi) is 2.81. The van der Waals surface area contributed by atoms with Crippen molar-refractivity contribution in [2.45, 2.75) is 6.42 Å². The Morgan fingerprint density at radius 1 is 1.70 bits per heavy atom. The van der Waals surface area contributed by atoms with Crippen molar-refractivity contribution >= 4 is 16.8 Å². The highest BCUT2D eigenvalue weighted by Gasteiger charge is 2.08. The lowest BCUT2D eigenvalue weighted by Crippen LogP contribution is -2.05. The summed E-state index contributed by atoms with van der Waals surface area (Å²) in [5.74, 6) is 0.929. The van der Waals surface area contributed by atoms with Gasteiger partial charge < -0.3 is 4.74 Å². The van der Waals surface area contributed by atoms with Crippen LogP contribution in [-0.2, 0) is 4.74 Å². The topological polar surface area (TPSA) is 21.6 Å². The molecule has 0 aromatic carbocycles. The maximum atomic E-state index is 5.10. The Labute approximate surface area is 65.4 Å². The first kappa shape index (κ1) is 7.66. The number of aliphatic imine (C=N–C) groups is 1. The van der Waals surface area contributed by atoms with Crippen molar-refractivity contribution in [3.63, 3.8) is 0 Å². The van der Waals surface area contributed by atoms with Gasteiger partial charge in [0.25, 0.3) is 0 Å². The van der Waals surface area contributed by atoms with E-state index in [9.17, 15) is 0 Å². The third-order valence-electron chi connectivity index (χ3n) is 1.34. The quantitative estimate of drug-likeness (QED) is 0.577. The third-order valence-corrected chi connectivity index (χ3v) is 2.06. The van der Waals surface area contributed by atoms with Crippen molar-refractivity contribution < 1.29 is 4.74 Å². The van der Waals surface area contributed by atoms with Gasteiger partial charge in [-0.3, -0.25) is 4.99 Å². The number of ether oxygens (including phenoxy) is 1. The molecule has 0 atom stereocenters. The number of hydrogen-bond donors (Lipinski definition) is 0. The number of hydrogen-bond acceptors (Lipinski definition) is 3. The molecule has 1 aliphatic rings. The molecule has 1 heterocycles. The first-order valence-electron chi connectivity index (χ1n) is 3.21. The van der Waals surface area contributed by atoms with Gasteiger partial charge in [0, 0.05) is 6.54 Å². The second-order valence-electron chi connectivity index (χ2n) is 1.95. The van der Waals surface area contributed by atoms with E-state index in [1.807, 2.05) is 6.26 Å². The standard InChI is InChI=1S/C7H11NOS/c1-9-6-4-3-5-8-7(6)10-2/h4H,3,5H2,1-2H3. The van der Waals surface area contributed by atoms with E-state index in [1.54, 1.807) is 18.9 Å². The molecule has 0 spiro atoms. The first-order valence-corrected chi connectivity index (χ1v) is 4.44. The van der Waals surface area contributed by atoms with Gasteiger partial charge in [0.05, 0.1) is 7.11 Å². The largest absolute Gasteiger partial charge is 0.494 e. The summed E-state index contributed by atoms with van der Waals surface area (Å²) in [5.41, 5.74) is 0. The highest BCUT2D eigenvalue weighted by atomic mass is 32.2. The van der Waals surface area contributed by atoms with Crippen molar-refractivity contribution in [1.29, 1.82) is 0 Å². The molecule has 56 valence electrons. The van der Waals surface area contributed by atoms with Crippen LogP contribution in [0.2, 0.25) is 0 Å². The van der Waals surface area contributed by atoms with Gasteiger partial charge in [0.1, 0.15) is 10.8 Å². The van der Waals surface area contributed by atoms with Crippen molar-refractivity contribution in [3.05, 3.63) is 11.8 Å². The second kappa shape index (κ2) is 3.66. The molecule has 0 bridgehead atoms. The van der Waals surface area contributed by atoms with Gasteiger partial charge in [-0.15, -0.1) is 11.8 Å². The molecule has 0 aromatic rings. The third kappa shape index (κ3) is 1.53. The van der Waals surface area contributed by atoms with E-state index in [2.05, 4.69) is 11.1 Å². The van der Waals surface area contributed by atoms with Crippen LogP contribution in [0.5, 0.6) is 0 Å². The molecule has 0 N–H and O–H groups in total. The van der Waals surface area contributed by atoms with Gasteiger partial charge in [-0.2, -0.15) is 0 Å². The van der Waals surface area contributed by atoms with Crippen LogP contribution in [0.1, 0.15) is 6.42 Å². The number of rotatable bonds is 1. The molecule has 0 aliphatic carbocycles. The SMILES string of the molecule is COC1=CCCN=C1SC. The molecule has 0 amide bonds. The van der Waals surface area contributed by atoms with Crippen LogP contribution in [0.25, 0.3) is 0 Å². The van der Waals surface area contributed by atoms with Crippen molar-refractivity contribution in [1.82, 2.24) is 0 Å². The summed E-state index contributed by atoms with van der Waals surface area (Å²) in [4.78, 5) is 4.29. The molecule has 0 fully saturated rings. The minimum atomic E-state index is 0.906. The maximum absolute atomic E-state index is 5.10. The van der Waals surface area contributed by atoms with Crippen molar-refractivity contribution in [2.24, 2.45) is 4.99 Å². The lowest BCUT2D eigenvalue weighted by atomic mass is 10.3. The smallest absolute Gasteiger partial charge is 0.146 e. The number of nitrogens with zero attached hydrogens (tertiary/aromatic N) is 1. The molecule has 0 aromatic heterocycles. The number of thioether (sulfide) groups is 1. The fraction of sp³-hybridized carbons (Fsp3) is 0.571. The summed E-state index contributed by atoms with van der Waals surface area (Å²) in [6, 6.07) is 0. The Hall–Kier alpha value is -0.440. The fourth-order valence-electron chi connectivity index (χ4n) is 0.863. The highest BCUT2D eigenvalue weighted by molar-refractivity contribution is 8.13. The second-order valence-corrected chi connectivity index (χ2v) is 2.75. The van der Waals surface area contributed by atoms with Gasteiger partial charge in [-0.05, 0) is 18.8 Å². The van der Waals surface area contributed by atoms with Crippen LogP contribution in [0, 0.1) is 0 Å². The van der Waals surface area contributed by atoms with Gasteiger partial charge in [-0.25, -0.2) is 0 Å². The molecule has 0 radical (unpaired) electrons. The summed E-state index contributed by atoms with van der Waals surface area (Å²) in [6.07, 6.45) is 5.10. The van der Waals surface area contributed by atoms with Crippen LogP contribution in [-0.4, -0.2) is 25.0 Å². The first-order chi connectivity index (χ1) is 4.88. The summed E-state index contributed by atoms with van der Waals surface area (Å²) >= 11 is 1.64. The summed E-state index contributed by atoms with van der Waals surface area (Å²) < 4.78 is 5.10. The molecule has 1 aliphatic heterocycles. The maximum Gasteiger partial charge on any atom is 0.146 e. The molecular formula is C7H11NOS. The van der Waals surface area contributed by atoms with Crippen LogP contribution < -0.4 is 0 Å². The molecule has 1 rings (SSSR count). The molecule has 10 heavy (non-hydrogen) atoms. The predicted octanol–water partition coefficient (Wildman–Crippen LogP) is 1.68. The van der Waals surface area contributed by atoms with Crippen LogP contribution in [0.4, 0.5) is 0 Å². The Bertz CT molecular complexity index is 154. The number of dihydropyridines is 1. The Morgan fingerprint density at radius 2 is 2.50 bits per heavy atom. The zero-order valence-electron chi connectivity index (χ0n) is 6.26. The van der Waals surface area contributed by atoms with Gasteiger partial charge >= 0.3 is 0 Å². The van der Waals surface area contributed by atoms with E-state index < -0.39 is 0 Å². The van der Waals surface area contributed by atoms with Crippen molar-refractivity contribution in [2.75, 3.05) is 19.9 Å². The predicted molar refractivity (Wildman–Crippen MR) is 45.5 cm³/mol. The monoisotopic (exact) mass is 157 g/mol. The van der Waals surface area contributed by atoms with E-state index >= 15 is 0 Å². The molecule has 2 nitrogen and oxygen atoms in total. The summed E-state index contributed by atoms with van der Waals surface area (Å²) in [7, 11) is 1.68. The average Bonchev–Trinajstić information content (AvgIpc) is 2.04. The minimum absolute atomic E-state index is 0.906. The lowest BCUT2D eigenvalue weighted by Gasteiger charge is -2.10. The minimum Gasteiger partial charge on any atom is -0.494 e. The summed E-state index contributed by atoms with van der Waals surface area (Å²) in [6.45, 7) is 0.906. The average molecular weight is 157 g/mol. The van der Waals surface area contributed by atoms with E-state index in [0.717, 1.165) is 23.8 Å². The van der Waals surface area contributed by atoms with Crippen LogP contribution in [0.3, 0.4) is 0 Å². The molecule has 3 heteroatoms. The highest BCUT2D eigenvalue weighted by Crippen LogP contribution is 2.15. The lowest BCUT2D eigenvalue weighted by molar-refractivity contribution is 0.313. The number of methoxy groups -OCH3 is 1. The zero-order chi connectivity index (χ0) is 7.40. The van der Waals surface area contributed by atoms with E-state index in [0.29, 0.717) is 0 Å². The van der Waals surface area contributed by atoms with Crippen LogP contribution in [0.15, 0.2) is 16.8 Å². The molecular weight excluding hydrogens is 146 g/mol. The van der Waals surface area contributed by atoms with E-state index in [4.69, 9.17) is 4.74 Å².